The Kier molecular flexibility index (Phi) is 5.90. The van der Waals surface area contributed by atoms with Crippen LogP contribution < -0.4 is 10.5 Å². The van der Waals surface area contributed by atoms with Crippen molar-refractivity contribution < 1.29 is 13.9 Å². The zero-order valence-electron chi connectivity index (χ0n) is 19.2. The fourth-order valence-electron chi connectivity index (χ4n) is 4.19. The van der Waals surface area contributed by atoms with E-state index in [-0.39, 0.29) is 11.5 Å². The van der Waals surface area contributed by atoms with Crippen molar-refractivity contribution in [2.45, 2.75) is 13.5 Å². The molecular weight excluding hydrogens is 432 g/mol. The minimum absolute atomic E-state index is 0.143. The van der Waals surface area contributed by atoms with Gasteiger partial charge in [-0.3, -0.25) is 9.59 Å². The number of morpholine rings is 1. The third-order valence-corrected chi connectivity index (χ3v) is 6.16. The summed E-state index contributed by atoms with van der Waals surface area (Å²) in [4.78, 5) is 36.1. The van der Waals surface area contributed by atoms with Crippen LogP contribution in [0.2, 0.25) is 0 Å². The average molecular weight is 459 g/mol. The highest BCUT2D eigenvalue weighted by Gasteiger charge is 2.16. The first-order valence-corrected chi connectivity index (χ1v) is 11.3. The number of para-hydroxylation sites is 1. The number of fused-ring (bicyclic) bond motifs is 2. The van der Waals surface area contributed by atoms with E-state index in [0.29, 0.717) is 44.2 Å². The highest BCUT2D eigenvalue weighted by atomic mass is 16.5. The molecule has 0 bridgehead atoms. The summed E-state index contributed by atoms with van der Waals surface area (Å²) in [5.41, 5.74) is 3.60. The number of hydrogen-bond donors (Lipinski definition) is 1. The Labute approximate surface area is 196 Å². The van der Waals surface area contributed by atoms with Crippen LogP contribution in [-0.4, -0.2) is 54.1 Å². The van der Waals surface area contributed by atoms with E-state index in [2.05, 4.69) is 9.97 Å². The van der Waals surface area contributed by atoms with Crippen molar-refractivity contribution >= 4 is 39.7 Å². The van der Waals surface area contributed by atoms with Crippen molar-refractivity contribution in [3.05, 3.63) is 75.9 Å². The number of furan rings is 1. The van der Waals surface area contributed by atoms with E-state index in [1.54, 1.807) is 24.2 Å². The van der Waals surface area contributed by atoms with E-state index in [0.717, 1.165) is 33.2 Å². The van der Waals surface area contributed by atoms with Gasteiger partial charge in [-0.05, 0) is 36.8 Å². The van der Waals surface area contributed by atoms with Crippen LogP contribution in [-0.2, 0) is 16.1 Å². The number of amides is 1. The number of aromatic amines is 1. The van der Waals surface area contributed by atoms with Crippen molar-refractivity contribution in [3.8, 4) is 0 Å². The molecular formula is C26H26N4O4. The fourth-order valence-corrected chi connectivity index (χ4v) is 4.19. The van der Waals surface area contributed by atoms with E-state index in [1.807, 2.05) is 48.2 Å². The number of rotatable bonds is 5. The van der Waals surface area contributed by atoms with Crippen LogP contribution in [0.15, 0.2) is 57.9 Å². The summed E-state index contributed by atoms with van der Waals surface area (Å²) in [6, 6.07) is 11.6. The number of anilines is 1. The quantitative estimate of drug-likeness (QED) is 0.461. The smallest absolute Gasteiger partial charge is 0.273 e. The van der Waals surface area contributed by atoms with Crippen LogP contribution in [0.5, 0.6) is 0 Å². The summed E-state index contributed by atoms with van der Waals surface area (Å²) in [6.45, 7) is 4.93. The number of pyridine rings is 2. The second-order valence-corrected chi connectivity index (χ2v) is 8.46. The lowest BCUT2D eigenvalue weighted by Crippen LogP contribution is -2.39. The van der Waals surface area contributed by atoms with Crippen LogP contribution in [0, 0.1) is 6.92 Å². The first kappa shape index (κ1) is 21.9. The van der Waals surface area contributed by atoms with Gasteiger partial charge in [-0.1, -0.05) is 18.2 Å². The van der Waals surface area contributed by atoms with Crippen molar-refractivity contribution in [2.24, 2.45) is 0 Å². The number of nitrogens with one attached hydrogen (secondary N) is 1. The number of aryl methyl sites for hydroxylation is 1. The number of ether oxygens (including phenoxy) is 1. The number of hydrogen-bond acceptors (Lipinski definition) is 6. The summed E-state index contributed by atoms with van der Waals surface area (Å²) in [6.07, 6.45) is 4.89. The SMILES string of the molecule is Cc1c(CN(C)C(=O)C=Cc2cnc3[nH]c(=O)c(N4CCOCC4)cc3c2)oc2ccccc12. The van der Waals surface area contributed by atoms with Gasteiger partial charge in [-0.15, -0.1) is 0 Å². The molecule has 1 amide bonds. The Morgan fingerprint density at radius 1 is 1.24 bits per heavy atom. The lowest BCUT2D eigenvalue weighted by Gasteiger charge is -2.28. The maximum absolute atomic E-state index is 12.7. The molecule has 5 rings (SSSR count). The van der Waals surface area contributed by atoms with Gasteiger partial charge in [0.15, 0.2) is 0 Å². The summed E-state index contributed by atoms with van der Waals surface area (Å²) in [5.74, 6) is 0.632. The zero-order valence-corrected chi connectivity index (χ0v) is 19.2. The molecule has 1 aliphatic rings. The van der Waals surface area contributed by atoms with Gasteiger partial charge in [0.2, 0.25) is 5.91 Å². The van der Waals surface area contributed by atoms with Gasteiger partial charge in [0.05, 0.1) is 19.8 Å². The maximum atomic E-state index is 12.7. The van der Waals surface area contributed by atoms with Crippen LogP contribution in [0.1, 0.15) is 16.9 Å². The summed E-state index contributed by atoms with van der Waals surface area (Å²) < 4.78 is 11.3. The summed E-state index contributed by atoms with van der Waals surface area (Å²) in [7, 11) is 1.75. The highest BCUT2D eigenvalue weighted by molar-refractivity contribution is 5.92. The van der Waals surface area contributed by atoms with Crippen LogP contribution in [0.25, 0.3) is 28.1 Å². The lowest BCUT2D eigenvalue weighted by atomic mass is 10.1. The molecule has 174 valence electrons. The first-order valence-electron chi connectivity index (χ1n) is 11.3. The molecule has 0 unspecified atom stereocenters. The lowest BCUT2D eigenvalue weighted by molar-refractivity contribution is -0.125. The number of carbonyl (C=O) groups is 1. The van der Waals surface area contributed by atoms with E-state index >= 15 is 0 Å². The van der Waals surface area contributed by atoms with Gasteiger partial charge in [-0.2, -0.15) is 0 Å². The molecule has 0 atom stereocenters. The van der Waals surface area contributed by atoms with Gasteiger partial charge >= 0.3 is 0 Å². The number of nitrogens with zero attached hydrogens (tertiary/aromatic N) is 3. The molecule has 1 N–H and O–H groups in total. The zero-order chi connectivity index (χ0) is 23.7. The topological polar surface area (TPSA) is 91.7 Å². The summed E-state index contributed by atoms with van der Waals surface area (Å²) >= 11 is 0. The van der Waals surface area contributed by atoms with Gasteiger partial charge in [-0.25, -0.2) is 4.98 Å². The molecule has 0 aliphatic carbocycles. The van der Waals surface area contributed by atoms with Gasteiger partial charge in [0, 0.05) is 48.7 Å². The largest absolute Gasteiger partial charge is 0.459 e. The number of H-pyrrole nitrogens is 1. The molecule has 8 nitrogen and oxygen atoms in total. The van der Waals surface area contributed by atoms with Crippen molar-refractivity contribution in [3.63, 3.8) is 0 Å². The number of aromatic nitrogens is 2. The Hall–Kier alpha value is -3.91. The molecule has 1 aromatic carbocycles. The standard InChI is InChI=1S/C26H26N4O4/c1-17-20-5-3-4-6-22(20)34-23(17)16-29(2)24(31)8-7-18-13-19-14-21(30-9-11-33-12-10-30)26(32)28-25(19)27-15-18/h3-8,13-15H,9-12,16H2,1-2H3,(H,27,28,32). The first-order chi connectivity index (χ1) is 16.5. The Morgan fingerprint density at radius 2 is 2.03 bits per heavy atom. The Balaban J connectivity index is 1.33. The third kappa shape index (κ3) is 4.32. The van der Waals surface area contributed by atoms with E-state index in [1.165, 1.54) is 6.08 Å². The second kappa shape index (κ2) is 9.15. The minimum Gasteiger partial charge on any atom is -0.459 e. The highest BCUT2D eigenvalue weighted by Crippen LogP contribution is 2.26. The van der Waals surface area contributed by atoms with Crippen LogP contribution >= 0.6 is 0 Å². The molecule has 1 saturated heterocycles. The van der Waals surface area contributed by atoms with Crippen molar-refractivity contribution in [1.82, 2.24) is 14.9 Å². The predicted molar refractivity (Wildman–Crippen MR) is 132 cm³/mol. The number of carbonyl (C=O) groups excluding carboxylic acids is 1. The van der Waals surface area contributed by atoms with Crippen molar-refractivity contribution in [1.29, 1.82) is 0 Å². The second-order valence-electron chi connectivity index (χ2n) is 8.46. The Bertz CT molecular complexity index is 1450. The molecule has 0 saturated carbocycles. The maximum Gasteiger partial charge on any atom is 0.273 e. The normalized spacial score (nSPS) is 14.4. The molecule has 1 aliphatic heterocycles. The van der Waals surface area contributed by atoms with E-state index in [4.69, 9.17) is 9.15 Å². The van der Waals surface area contributed by atoms with Gasteiger partial charge < -0.3 is 23.9 Å². The molecule has 0 spiro atoms. The molecule has 4 heterocycles. The molecule has 34 heavy (non-hydrogen) atoms. The predicted octanol–water partition coefficient (Wildman–Crippen LogP) is 3.49. The third-order valence-electron chi connectivity index (χ3n) is 6.16. The number of benzene rings is 1. The average Bonchev–Trinajstić information content (AvgIpc) is 3.17. The molecule has 3 aromatic heterocycles. The molecule has 0 radical (unpaired) electrons. The van der Waals surface area contributed by atoms with E-state index in [9.17, 15) is 9.59 Å². The number of likely N-dealkylation sites (N-methyl/N-ethyl adjacent to an activating group) is 1. The van der Waals surface area contributed by atoms with Gasteiger partial charge in [0.1, 0.15) is 22.7 Å². The summed E-state index contributed by atoms with van der Waals surface area (Å²) in [5, 5.41) is 1.87. The van der Waals surface area contributed by atoms with Crippen LogP contribution in [0.4, 0.5) is 5.69 Å². The molecule has 4 aromatic rings. The molecule has 8 heteroatoms. The Morgan fingerprint density at radius 3 is 2.82 bits per heavy atom. The fraction of sp³-hybridized carbons (Fsp3) is 0.269. The van der Waals surface area contributed by atoms with Gasteiger partial charge in [0.25, 0.3) is 5.56 Å². The van der Waals surface area contributed by atoms with E-state index < -0.39 is 0 Å². The van der Waals surface area contributed by atoms with Crippen LogP contribution in [0.3, 0.4) is 0 Å². The molecule has 1 fully saturated rings. The minimum atomic E-state index is -0.164. The van der Waals surface area contributed by atoms with Crippen molar-refractivity contribution in [2.75, 3.05) is 38.3 Å². The monoisotopic (exact) mass is 458 g/mol.